The number of aliphatic hydroxyl groups excluding tert-OH is 1. The van der Waals surface area contributed by atoms with Crippen molar-refractivity contribution < 1.29 is 9.50 Å². The number of rotatable bonds is 7. The Hall–Kier alpha value is -0.580. The minimum Gasteiger partial charge on any atom is -0.394 e. The molecule has 0 bridgehead atoms. The van der Waals surface area contributed by atoms with Gasteiger partial charge in [0.05, 0.1) is 12.1 Å². The average Bonchev–Trinajstić information content (AvgIpc) is 3.28. The van der Waals surface area contributed by atoms with Crippen molar-refractivity contribution in [3.05, 3.63) is 30.1 Å². The van der Waals surface area contributed by atoms with Crippen molar-refractivity contribution in [3.63, 3.8) is 0 Å². The summed E-state index contributed by atoms with van der Waals surface area (Å²) in [5.74, 6) is 1.13. The summed E-state index contributed by atoms with van der Waals surface area (Å²) in [7, 11) is 0. The first-order chi connectivity index (χ1) is 9.23. The maximum Gasteiger partial charge on any atom is 0.136 e. The molecule has 2 N–H and O–H groups in total. The van der Waals surface area contributed by atoms with E-state index in [4.69, 9.17) is 0 Å². The number of nitrogens with one attached hydrogen (secondary N) is 1. The molecule has 1 unspecified atom stereocenters. The lowest BCUT2D eigenvalue weighted by Gasteiger charge is -2.33. The highest BCUT2D eigenvalue weighted by Gasteiger charge is 2.47. The van der Waals surface area contributed by atoms with Crippen molar-refractivity contribution in [1.82, 2.24) is 5.32 Å². The van der Waals surface area contributed by atoms with Crippen LogP contribution in [0.1, 0.15) is 25.7 Å². The predicted molar refractivity (Wildman–Crippen MR) is 75.8 cm³/mol. The van der Waals surface area contributed by atoms with Gasteiger partial charge < -0.3 is 10.4 Å². The van der Waals surface area contributed by atoms with Crippen molar-refractivity contribution in [3.8, 4) is 0 Å². The van der Waals surface area contributed by atoms with E-state index in [2.05, 4.69) is 5.32 Å². The van der Waals surface area contributed by atoms with Gasteiger partial charge in [0.2, 0.25) is 0 Å². The van der Waals surface area contributed by atoms with Crippen molar-refractivity contribution >= 4 is 11.8 Å². The molecule has 0 aromatic heterocycles. The number of halogens is 1. The van der Waals surface area contributed by atoms with Gasteiger partial charge in [0.15, 0.2) is 0 Å². The Balaban J connectivity index is 1.68. The third-order valence-electron chi connectivity index (χ3n) is 4.03. The highest BCUT2D eigenvalue weighted by atomic mass is 32.2. The summed E-state index contributed by atoms with van der Waals surface area (Å²) in [5.41, 5.74) is -0.214. The molecule has 0 heterocycles. The smallest absolute Gasteiger partial charge is 0.136 e. The van der Waals surface area contributed by atoms with Gasteiger partial charge in [-0.1, -0.05) is 12.1 Å². The second-order valence-electron chi connectivity index (χ2n) is 5.73. The van der Waals surface area contributed by atoms with Crippen LogP contribution in [0.15, 0.2) is 29.2 Å². The van der Waals surface area contributed by atoms with Crippen LogP contribution in [0, 0.1) is 11.7 Å². The van der Waals surface area contributed by atoms with Crippen molar-refractivity contribution in [2.45, 2.75) is 42.2 Å². The van der Waals surface area contributed by atoms with Gasteiger partial charge in [0.25, 0.3) is 0 Å². The summed E-state index contributed by atoms with van der Waals surface area (Å²) in [4.78, 5) is 0.679. The van der Waals surface area contributed by atoms with E-state index in [1.54, 1.807) is 6.07 Å². The van der Waals surface area contributed by atoms with Gasteiger partial charge in [0.1, 0.15) is 5.82 Å². The van der Waals surface area contributed by atoms with E-state index in [-0.39, 0.29) is 18.0 Å². The van der Waals surface area contributed by atoms with Crippen LogP contribution in [0.2, 0.25) is 0 Å². The Morgan fingerprint density at radius 3 is 2.58 bits per heavy atom. The normalized spacial score (nSPS) is 22.2. The SMILES string of the molecule is OCC(CSc1ccccc1F)(NC1CC1)C1CC1. The van der Waals surface area contributed by atoms with Gasteiger partial charge in [-0.25, -0.2) is 4.39 Å². The van der Waals surface area contributed by atoms with Gasteiger partial charge in [-0.2, -0.15) is 0 Å². The summed E-state index contributed by atoms with van der Waals surface area (Å²) in [6.07, 6.45) is 4.77. The number of thioether (sulfide) groups is 1. The minimum absolute atomic E-state index is 0.148. The van der Waals surface area contributed by atoms with Crippen LogP contribution in [0.4, 0.5) is 4.39 Å². The molecule has 0 aliphatic heterocycles. The molecule has 2 aliphatic rings. The Bertz CT molecular complexity index is 448. The van der Waals surface area contributed by atoms with E-state index in [0.717, 1.165) is 5.75 Å². The molecule has 3 rings (SSSR count). The summed E-state index contributed by atoms with van der Waals surface area (Å²) in [5, 5.41) is 13.5. The van der Waals surface area contributed by atoms with Crippen LogP contribution in [0.25, 0.3) is 0 Å². The van der Waals surface area contributed by atoms with Gasteiger partial charge in [-0.05, 0) is 43.7 Å². The Labute approximate surface area is 117 Å². The molecule has 1 aromatic rings. The summed E-state index contributed by atoms with van der Waals surface area (Å²) in [6.45, 7) is 0.148. The number of hydrogen-bond acceptors (Lipinski definition) is 3. The zero-order valence-electron chi connectivity index (χ0n) is 10.9. The second-order valence-corrected chi connectivity index (χ2v) is 6.74. The van der Waals surface area contributed by atoms with E-state index >= 15 is 0 Å². The van der Waals surface area contributed by atoms with E-state index in [1.165, 1.54) is 43.5 Å². The molecule has 0 saturated heterocycles. The third kappa shape index (κ3) is 3.12. The fourth-order valence-corrected chi connectivity index (χ4v) is 3.74. The van der Waals surface area contributed by atoms with Crippen LogP contribution >= 0.6 is 11.8 Å². The molecule has 19 heavy (non-hydrogen) atoms. The fourth-order valence-electron chi connectivity index (χ4n) is 2.54. The molecule has 4 heteroatoms. The summed E-state index contributed by atoms with van der Waals surface area (Å²) >= 11 is 1.52. The van der Waals surface area contributed by atoms with Crippen molar-refractivity contribution in [2.75, 3.05) is 12.4 Å². The lowest BCUT2D eigenvalue weighted by molar-refractivity contribution is 0.157. The first-order valence-electron chi connectivity index (χ1n) is 6.99. The molecular weight excluding hydrogens is 261 g/mol. The fraction of sp³-hybridized carbons (Fsp3) is 0.600. The topological polar surface area (TPSA) is 32.3 Å². The van der Waals surface area contributed by atoms with E-state index in [9.17, 15) is 9.50 Å². The zero-order valence-corrected chi connectivity index (χ0v) is 11.8. The van der Waals surface area contributed by atoms with Gasteiger partial charge in [-0.3, -0.25) is 0 Å². The van der Waals surface area contributed by atoms with Crippen LogP contribution in [0.5, 0.6) is 0 Å². The van der Waals surface area contributed by atoms with Crippen molar-refractivity contribution in [2.24, 2.45) is 5.92 Å². The highest BCUT2D eigenvalue weighted by Crippen LogP contribution is 2.44. The monoisotopic (exact) mass is 281 g/mol. The molecule has 104 valence electrons. The Morgan fingerprint density at radius 1 is 1.26 bits per heavy atom. The van der Waals surface area contributed by atoms with E-state index in [0.29, 0.717) is 16.9 Å². The first-order valence-corrected chi connectivity index (χ1v) is 7.98. The van der Waals surface area contributed by atoms with Crippen LogP contribution in [0.3, 0.4) is 0 Å². The molecule has 2 nitrogen and oxygen atoms in total. The van der Waals surface area contributed by atoms with E-state index in [1.807, 2.05) is 12.1 Å². The van der Waals surface area contributed by atoms with Crippen LogP contribution in [-0.2, 0) is 0 Å². The molecular formula is C15H20FNOS. The first kappa shape index (κ1) is 13.4. The Morgan fingerprint density at radius 2 is 2.00 bits per heavy atom. The van der Waals surface area contributed by atoms with Gasteiger partial charge in [0, 0.05) is 16.7 Å². The third-order valence-corrected chi connectivity index (χ3v) is 5.33. The number of aliphatic hydroxyl groups is 1. The maximum absolute atomic E-state index is 13.7. The lowest BCUT2D eigenvalue weighted by Crippen LogP contribution is -2.53. The Kier molecular flexibility index (Phi) is 3.83. The van der Waals surface area contributed by atoms with E-state index < -0.39 is 0 Å². The molecule has 2 fully saturated rings. The van der Waals surface area contributed by atoms with Crippen LogP contribution in [-0.4, -0.2) is 29.0 Å². The lowest BCUT2D eigenvalue weighted by atomic mass is 9.96. The summed E-state index contributed by atoms with van der Waals surface area (Å²) < 4.78 is 13.7. The standard InChI is InChI=1S/C15H20FNOS/c16-13-3-1-2-4-14(13)19-10-15(9-18,11-5-6-11)17-12-7-8-12/h1-4,11-12,17-18H,5-10H2. The molecule has 2 aliphatic carbocycles. The van der Waals surface area contributed by atoms with Crippen LogP contribution < -0.4 is 5.32 Å². The molecule has 0 radical (unpaired) electrons. The predicted octanol–water partition coefficient (Wildman–Crippen LogP) is 2.81. The van der Waals surface area contributed by atoms with Gasteiger partial charge in [-0.15, -0.1) is 11.8 Å². The molecule has 1 aromatic carbocycles. The molecule has 0 spiro atoms. The molecule has 1 atom stereocenters. The zero-order chi connectivity index (χ0) is 13.3. The molecule has 2 saturated carbocycles. The quantitative estimate of drug-likeness (QED) is 0.754. The largest absolute Gasteiger partial charge is 0.394 e. The minimum atomic E-state index is -0.214. The highest BCUT2D eigenvalue weighted by molar-refractivity contribution is 7.99. The maximum atomic E-state index is 13.7. The second kappa shape index (κ2) is 5.43. The average molecular weight is 281 g/mol. The number of hydrogen-bond donors (Lipinski definition) is 2. The molecule has 0 amide bonds. The number of benzene rings is 1. The van der Waals surface area contributed by atoms with Gasteiger partial charge >= 0.3 is 0 Å². The summed E-state index contributed by atoms with van der Waals surface area (Å²) in [6, 6.07) is 7.44. The van der Waals surface area contributed by atoms with Crippen molar-refractivity contribution in [1.29, 1.82) is 0 Å².